The van der Waals surface area contributed by atoms with E-state index in [9.17, 15) is 0 Å². The maximum absolute atomic E-state index is 5.28. The first kappa shape index (κ1) is 11.8. The van der Waals surface area contributed by atoms with Crippen LogP contribution in [0.2, 0.25) is 0 Å². The molecule has 0 radical (unpaired) electrons. The van der Waals surface area contributed by atoms with Crippen LogP contribution in [-0.2, 0) is 6.54 Å². The van der Waals surface area contributed by atoms with Crippen molar-refractivity contribution < 1.29 is 4.52 Å². The lowest BCUT2D eigenvalue weighted by Gasteiger charge is -2.21. The van der Waals surface area contributed by atoms with Crippen molar-refractivity contribution in [3.63, 3.8) is 0 Å². The number of rotatable bonds is 4. The Labute approximate surface area is 110 Å². The molecule has 2 aromatic rings. The van der Waals surface area contributed by atoms with E-state index in [4.69, 9.17) is 4.52 Å². The molecule has 1 atom stereocenters. The Hall–Kier alpha value is -1.24. The van der Waals surface area contributed by atoms with E-state index in [1.54, 1.807) is 11.3 Å². The lowest BCUT2D eigenvalue weighted by atomic mass is 10.2. The zero-order valence-electron chi connectivity index (χ0n) is 10.3. The third-order valence-electron chi connectivity index (χ3n) is 3.28. The highest BCUT2D eigenvalue weighted by atomic mass is 32.1. The topological polar surface area (TPSA) is 54.2 Å². The van der Waals surface area contributed by atoms with Crippen LogP contribution in [0, 0.1) is 0 Å². The van der Waals surface area contributed by atoms with Gasteiger partial charge in [0.05, 0.1) is 12.1 Å². The molecule has 2 aromatic heterocycles. The molecule has 18 heavy (non-hydrogen) atoms. The zero-order valence-corrected chi connectivity index (χ0v) is 11.1. The van der Waals surface area contributed by atoms with Crippen LogP contribution in [0.1, 0.15) is 12.2 Å². The molecule has 0 saturated carbocycles. The molecule has 3 rings (SSSR count). The van der Waals surface area contributed by atoms with E-state index in [1.807, 2.05) is 16.8 Å². The van der Waals surface area contributed by atoms with E-state index >= 15 is 0 Å². The highest BCUT2D eigenvalue weighted by Crippen LogP contribution is 2.20. The Kier molecular flexibility index (Phi) is 3.40. The van der Waals surface area contributed by atoms with Crippen LogP contribution in [0.15, 0.2) is 21.3 Å². The molecule has 1 aliphatic rings. The summed E-state index contributed by atoms with van der Waals surface area (Å²) in [5.41, 5.74) is 1.00. The van der Waals surface area contributed by atoms with Gasteiger partial charge in [-0.25, -0.2) is 0 Å². The second-order valence-electron chi connectivity index (χ2n) is 4.59. The maximum atomic E-state index is 5.28. The van der Waals surface area contributed by atoms with Gasteiger partial charge in [0.25, 0.3) is 5.89 Å². The molecular formula is C12H16N4OS. The van der Waals surface area contributed by atoms with Gasteiger partial charge in [-0.1, -0.05) is 5.16 Å². The van der Waals surface area contributed by atoms with Gasteiger partial charge in [0.1, 0.15) is 0 Å². The van der Waals surface area contributed by atoms with Gasteiger partial charge in [-0.3, -0.25) is 4.90 Å². The number of hydrogen-bond donors (Lipinski definition) is 1. The van der Waals surface area contributed by atoms with E-state index in [2.05, 4.69) is 27.4 Å². The largest absolute Gasteiger partial charge is 0.334 e. The molecule has 0 amide bonds. The monoisotopic (exact) mass is 264 g/mol. The second kappa shape index (κ2) is 5.17. The summed E-state index contributed by atoms with van der Waals surface area (Å²) in [6, 6.07) is 2.57. The summed E-state index contributed by atoms with van der Waals surface area (Å²) in [5, 5.41) is 11.4. The number of aromatic nitrogens is 2. The molecule has 3 heterocycles. The van der Waals surface area contributed by atoms with Crippen molar-refractivity contribution in [2.24, 2.45) is 0 Å². The van der Waals surface area contributed by atoms with E-state index in [-0.39, 0.29) is 0 Å². The first-order valence-corrected chi connectivity index (χ1v) is 7.03. The van der Waals surface area contributed by atoms with Crippen molar-refractivity contribution in [2.45, 2.75) is 19.0 Å². The summed E-state index contributed by atoms with van der Waals surface area (Å²) < 4.78 is 5.28. The Morgan fingerprint density at radius 1 is 1.61 bits per heavy atom. The van der Waals surface area contributed by atoms with E-state index in [0.717, 1.165) is 31.0 Å². The molecule has 0 bridgehead atoms. The second-order valence-corrected chi connectivity index (χ2v) is 5.37. The SMILES string of the molecule is CN(Cc1noc(-c2ccsc2)n1)C1CCNC1. The molecule has 6 heteroatoms. The van der Waals surface area contributed by atoms with Crippen molar-refractivity contribution >= 4 is 11.3 Å². The summed E-state index contributed by atoms with van der Waals surface area (Å²) in [7, 11) is 2.11. The third kappa shape index (κ3) is 2.45. The maximum Gasteiger partial charge on any atom is 0.258 e. The van der Waals surface area contributed by atoms with Crippen LogP contribution in [0.4, 0.5) is 0 Å². The van der Waals surface area contributed by atoms with Crippen LogP contribution in [0.5, 0.6) is 0 Å². The van der Waals surface area contributed by atoms with Crippen LogP contribution in [0.3, 0.4) is 0 Å². The molecule has 1 unspecified atom stereocenters. The van der Waals surface area contributed by atoms with E-state index in [0.29, 0.717) is 11.9 Å². The van der Waals surface area contributed by atoms with Gasteiger partial charge in [0.15, 0.2) is 5.82 Å². The molecular weight excluding hydrogens is 248 g/mol. The molecule has 5 nitrogen and oxygen atoms in total. The van der Waals surface area contributed by atoms with Crippen molar-refractivity contribution in [1.29, 1.82) is 0 Å². The number of nitrogens with one attached hydrogen (secondary N) is 1. The van der Waals surface area contributed by atoms with Crippen molar-refractivity contribution in [3.8, 4) is 11.5 Å². The minimum Gasteiger partial charge on any atom is -0.334 e. The minimum atomic E-state index is 0.577. The molecule has 1 saturated heterocycles. The van der Waals surface area contributed by atoms with Gasteiger partial charge in [-0.2, -0.15) is 16.3 Å². The fourth-order valence-corrected chi connectivity index (χ4v) is 2.82. The van der Waals surface area contributed by atoms with Crippen molar-refractivity contribution in [2.75, 3.05) is 20.1 Å². The average Bonchev–Trinajstić information content (AvgIpc) is 3.12. The smallest absolute Gasteiger partial charge is 0.258 e. The molecule has 0 spiro atoms. The lowest BCUT2D eigenvalue weighted by Crippen LogP contribution is -2.33. The van der Waals surface area contributed by atoms with Crippen LogP contribution >= 0.6 is 11.3 Å². The molecule has 1 N–H and O–H groups in total. The van der Waals surface area contributed by atoms with Gasteiger partial charge in [0.2, 0.25) is 0 Å². The fraction of sp³-hybridized carbons (Fsp3) is 0.500. The number of nitrogens with zero attached hydrogens (tertiary/aromatic N) is 3. The summed E-state index contributed by atoms with van der Waals surface area (Å²) in [4.78, 5) is 6.71. The quantitative estimate of drug-likeness (QED) is 0.909. The number of thiophene rings is 1. The van der Waals surface area contributed by atoms with E-state index < -0.39 is 0 Å². The third-order valence-corrected chi connectivity index (χ3v) is 3.97. The first-order valence-electron chi connectivity index (χ1n) is 6.09. The van der Waals surface area contributed by atoms with Gasteiger partial charge in [-0.15, -0.1) is 0 Å². The van der Waals surface area contributed by atoms with Crippen molar-refractivity contribution in [1.82, 2.24) is 20.4 Å². The van der Waals surface area contributed by atoms with E-state index in [1.165, 1.54) is 6.42 Å². The summed E-state index contributed by atoms with van der Waals surface area (Å²) >= 11 is 1.63. The Morgan fingerprint density at radius 3 is 3.28 bits per heavy atom. The Balaban J connectivity index is 1.66. The van der Waals surface area contributed by atoms with Gasteiger partial charge in [0, 0.05) is 18.0 Å². The van der Waals surface area contributed by atoms with Gasteiger partial charge in [-0.05, 0) is 31.5 Å². The van der Waals surface area contributed by atoms with Gasteiger partial charge < -0.3 is 9.84 Å². The molecule has 1 fully saturated rings. The summed E-state index contributed by atoms with van der Waals surface area (Å²) in [6.45, 7) is 2.88. The normalized spacial score (nSPS) is 19.8. The summed E-state index contributed by atoms with van der Waals surface area (Å²) in [6.07, 6.45) is 1.19. The minimum absolute atomic E-state index is 0.577. The predicted molar refractivity (Wildman–Crippen MR) is 70.4 cm³/mol. The highest BCUT2D eigenvalue weighted by Gasteiger charge is 2.20. The molecule has 0 aromatic carbocycles. The molecule has 1 aliphatic heterocycles. The Morgan fingerprint density at radius 2 is 2.56 bits per heavy atom. The average molecular weight is 264 g/mol. The van der Waals surface area contributed by atoms with Crippen molar-refractivity contribution in [3.05, 3.63) is 22.7 Å². The predicted octanol–water partition coefficient (Wildman–Crippen LogP) is 1.59. The molecule has 0 aliphatic carbocycles. The Bertz CT molecular complexity index is 490. The number of likely N-dealkylation sites (N-methyl/N-ethyl adjacent to an activating group) is 1. The first-order chi connectivity index (χ1) is 8.83. The standard InChI is InChI=1S/C12H16N4OS/c1-16(10-2-4-13-6-10)7-11-14-12(17-15-11)9-3-5-18-8-9/h3,5,8,10,13H,2,4,6-7H2,1H3. The lowest BCUT2D eigenvalue weighted by molar-refractivity contribution is 0.239. The number of hydrogen-bond acceptors (Lipinski definition) is 6. The molecule has 96 valence electrons. The summed E-state index contributed by atoms with van der Waals surface area (Å²) in [5.74, 6) is 1.37. The van der Waals surface area contributed by atoms with Crippen LogP contribution in [0.25, 0.3) is 11.5 Å². The van der Waals surface area contributed by atoms with Crippen LogP contribution in [-0.4, -0.2) is 41.2 Å². The van der Waals surface area contributed by atoms with Gasteiger partial charge >= 0.3 is 0 Å². The fourth-order valence-electron chi connectivity index (χ4n) is 2.19. The zero-order chi connectivity index (χ0) is 12.4. The highest BCUT2D eigenvalue weighted by molar-refractivity contribution is 7.08. The van der Waals surface area contributed by atoms with Crippen LogP contribution < -0.4 is 5.32 Å².